The Kier molecular flexibility index (Phi) is 5.96. The van der Waals surface area contributed by atoms with Gasteiger partial charge in [-0.3, -0.25) is 20.0 Å². The van der Waals surface area contributed by atoms with Crippen molar-refractivity contribution in [3.05, 3.63) is 40.9 Å². The highest BCUT2D eigenvalue weighted by molar-refractivity contribution is 7.13. The van der Waals surface area contributed by atoms with Crippen LogP contribution >= 0.6 is 11.3 Å². The van der Waals surface area contributed by atoms with Gasteiger partial charge in [-0.2, -0.15) is 5.01 Å². The molecule has 2 aromatic rings. The SMILES string of the molecule is Cc1nc(-c2cccs2)ccc1C(=O)OCC(=O)NN1C(=O)NC2(CCC(C)CC2)C1=O. The molecule has 1 saturated carbocycles. The summed E-state index contributed by atoms with van der Waals surface area (Å²) in [6.07, 6.45) is 2.72. The lowest BCUT2D eigenvalue weighted by atomic mass is 9.77. The minimum Gasteiger partial charge on any atom is -0.452 e. The Labute approximate surface area is 189 Å². The molecule has 0 aromatic carbocycles. The number of aryl methyl sites for hydroxylation is 1. The predicted molar refractivity (Wildman–Crippen MR) is 116 cm³/mol. The summed E-state index contributed by atoms with van der Waals surface area (Å²) in [6, 6.07) is 6.49. The Morgan fingerprint density at radius 1 is 1.28 bits per heavy atom. The zero-order chi connectivity index (χ0) is 22.9. The number of esters is 1. The Balaban J connectivity index is 1.33. The number of urea groups is 1. The summed E-state index contributed by atoms with van der Waals surface area (Å²) in [5.74, 6) is -1.47. The van der Waals surface area contributed by atoms with Crippen molar-refractivity contribution in [2.24, 2.45) is 5.92 Å². The van der Waals surface area contributed by atoms with E-state index in [4.69, 9.17) is 4.74 Å². The van der Waals surface area contributed by atoms with Gasteiger partial charge in [-0.15, -0.1) is 11.3 Å². The first-order valence-corrected chi connectivity index (χ1v) is 11.3. The zero-order valence-electron chi connectivity index (χ0n) is 17.8. The number of imide groups is 1. The number of carbonyl (C=O) groups excluding carboxylic acids is 4. The molecule has 10 heteroatoms. The van der Waals surface area contributed by atoms with Crippen molar-refractivity contribution < 1.29 is 23.9 Å². The van der Waals surface area contributed by atoms with Crippen molar-refractivity contribution in [3.8, 4) is 10.6 Å². The molecule has 2 aliphatic rings. The molecule has 1 aliphatic carbocycles. The van der Waals surface area contributed by atoms with Crippen molar-refractivity contribution in [2.75, 3.05) is 6.61 Å². The van der Waals surface area contributed by atoms with Gasteiger partial charge < -0.3 is 10.1 Å². The molecule has 32 heavy (non-hydrogen) atoms. The fourth-order valence-corrected chi connectivity index (χ4v) is 4.72. The maximum atomic E-state index is 12.8. The number of aromatic nitrogens is 1. The lowest BCUT2D eigenvalue weighted by Gasteiger charge is -2.33. The first-order chi connectivity index (χ1) is 15.3. The molecular formula is C22H24N4O5S. The molecule has 0 bridgehead atoms. The molecule has 0 atom stereocenters. The van der Waals surface area contributed by atoms with Gasteiger partial charge in [-0.1, -0.05) is 13.0 Å². The quantitative estimate of drug-likeness (QED) is 0.528. The van der Waals surface area contributed by atoms with Gasteiger partial charge in [-0.05, 0) is 62.1 Å². The predicted octanol–water partition coefficient (Wildman–Crippen LogP) is 2.81. The second-order valence-corrected chi connectivity index (χ2v) is 9.20. The standard InChI is InChI=1S/C22H24N4O5S/c1-13-7-9-22(10-8-13)20(29)26(21(30)24-22)25-18(27)12-31-19(28)15-5-6-16(23-14(15)2)17-4-3-11-32-17/h3-6,11,13H,7-10,12H2,1-2H3,(H,24,30)(H,25,27). The average molecular weight is 457 g/mol. The Morgan fingerprint density at radius 3 is 2.69 bits per heavy atom. The van der Waals surface area contributed by atoms with Gasteiger partial charge in [0, 0.05) is 0 Å². The summed E-state index contributed by atoms with van der Waals surface area (Å²) in [4.78, 5) is 55.1. The molecule has 1 spiro atoms. The summed E-state index contributed by atoms with van der Waals surface area (Å²) in [5.41, 5.74) is 2.76. The van der Waals surface area contributed by atoms with E-state index >= 15 is 0 Å². The third-order valence-corrected chi connectivity index (χ3v) is 6.83. The fraction of sp³-hybridized carbons (Fsp3) is 0.409. The summed E-state index contributed by atoms with van der Waals surface area (Å²) in [5, 5.41) is 5.35. The number of rotatable bonds is 5. The lowest BCUT2D eigenvalue weighted by molar-refractivity contribution is -0.141. The van der Waals surface area contributed by atoms with Gasteiger partial charge in [0.25, 0.3) is 11.8 Å². The molecule has 0 unspecified atom stereocenters. The van der Waals surface area contributed by atoms with Crippen LogP contribution in [0.5, 0.6) is 0 Å². The fourth-order valence-electron chi connectivity index (χ4n) is 4.02. The smallest absolute Gasteiger partial charge is 0.344 e. The van der Waals surface area contributed by atoms with Crippen LogP contribution in [0.4, 0.5) is 4.79 Å². The summed E-state index contributed by atoms with van der Waals surface area (Å²) < 4.78 is 5.08. The van der Waals surface area contributed by atoms with Gasteiger partial charge in [0.05, 0.1) is 21.8 Å². The van der Waals surface area contributed by atoms with E-state index in [-0.39, 0.29) is 5.56 Å². The van der Waals surface area contributed by atoms with Crippen LogP contribution in [-0.2, 0) is 14.3 Å². The van der Waals surface area contributed by atoms with Crippen LogP contribution in [0.1, 0.15) is 48.7 Å². The van der Waals surface area contributed by atoms with E-state index in [0.717, 1.165) is 23.4 Å². The van der Waals surface area contributed by atoms with Gasteiger partial charge >= 0.3 is 12.0 Å². The van der Waals surface area contributed by atoms with E-state index in [9.17, 15) is 19.2 Å². The number of hydrazine groups is 1. The number of thiophene rings is 1. The molecule has 9 nitrogen and oxygen atoms in total. The van der Waals surface area contributed by atoms with Gasteiger partial charge in [0.1, 0.15) is 5.54 Å². The Morgan fingerprint density at radius 2 is 2.03 bits per heavy atom. The maximum absolute atomic E-state index is 12.8. The Bertz CT molecular complexity index is 1060. The Hall–Kier alpha value is -3.27. The van der Waals surface area contributed by atoms with E-state index in [2.05, 4.69) is 22.7 Å². The highest BCUT2D eigenvalue weighted by Crippen LogP contribution is 2.35. The largest absolute Gasteiger partial charge is 0.452 e. The monoisotopic (exact) mass is 456 g/mol. The number of carbonyl (C=O) groups is 4. The molecule has 2 fully saturated rings. The zero-order valence-corrected chi connectivity index (χ0v) is 18.7. The van der Waals surface area contributed by atoms with Crippen molar-refractivity contribution in [1.82, 2.24) is 20.7 Å². The first-order valence-electron chi connectivity index (χ1n) is 10.4. The number of hydrogen-bond acceptors (Lipinski definition) is 7. The molecule has 168 valence electrons. The van der Waals surface area contributed by atoms with Crippen LogP contribution in [0.2, 0.25) is 0 Å². The van der Waals surface area contributed by atoms with Crippen LogP contribution in [-0.4, -0.2) is 46.0 Å². The number of amides is 4. The number of pyridine rings is 1. The number of nitrogens with zero attached hydrogens (tertiary/aromatic N) is 2. The third kappa shape index (κ3) is 4.22. The van der Waals surface area contributed by atoms with Gasteiger partial charge in [0.15, 0.2) is 6.61 Å². The average Bonchev–Trinajstić information content (AvgIpc) is 3.38. The van der Waals surface area contributed by atoms with Crippen LogP contribution in [0.3, 0.4) is 0 Å². The van der Waals surface area contributed by atoms with Crippen LogP contribution < -0.4 is 10.7 Å². The van der Waals surface area contributed by atoms with E-state index in [0.29, 0.717) is 29.5 Å². The second kappa shape index (κ2) is 8.70. The molecule has 2 N–H and O–H groups in total. The molecular weight excluding hydrogens is 432 g/mol. The number of ether oxygens (including phenoxy) is 1. The molecule has 3 heterocycles. The van der Waals surface area contributed by atoms with Gasteiger partial charge in [0.2, 0.25) is 0 Å². The maximum Gasteiger partial charge on any atom is 0.344 e. The number of hydrogen-bond donors (Lipinski definition) is 2. The van der Waals surface area contributed by atoms with Crippen LogP contribution in [0.15, 0.2) is 29.6 Å². The van der Waals surface area contributed by atoms with Crippen molar-refractivity contribution in [3.63, 3.8) is 0 Å². The highest BCUT2D eigenvalue weighted by Gasteiger charge is 2.52. The van der Waals surface area contributed by atoms with Crippen molar-refractivity contribution >= 4 is 35.2 Å². The van der Waals surface area contributed by atoms with E-state index in [1.54, 1.807) is 30.4 Å². The molecule has 1 aliphatic heterocycles. The molecule has 2 aromatic heterocycles. The lowest BCUT2D eigenvalue weighted by Crippen LogP contribution is -2.52. The van der Waals surface area contributed by atoms with Crippen molar-refractivity contribution in [1.29, 1.82) is 0 Å². The number of nitrogens with one attached hydrogen (secondary N) is 2. The molecule has 0 radical (unpaired) electrons. The minimum absolute atomic E-state index is 0.239. The van der Waals surface area contributed by atoms with E-state index in [1.165, 1.54) is 0 Å². The van der Waals surface area contributed by atoms with E-state index in [1.807, 2.05) is 17.5 Å². The normalized spacial score (nSPS) is 22.7. The summed E-state index contributed by atoms with van der Waals surface area (Å²) in [6.45, 7) is 3.16. The summed E-state index contributed by atoms with van der Waals surface area (Å²) in [7, 11) is 0. The van der Waals surface area contributed by atoms with Gasteiger partial charge in [-0.25, -0.2) is 9.59 Å². The topological polar surface area (TPSA) is 118 Å². The molecule has 4 amide bonds. The minimum atomic E-state index is -0.958. The van der Waals surface area contributed by atoms with E-state index < -0.39 is 36.0 Å². The second-order valence-electron chi connectivity index (χ2n) is 8.25. The third-order valence-electron chi connectivity index (χ3n) is 5.94. The molecule has 1 saturated heterocycles. The van der Waals surface area contributed by atoms with Crippen LogP contribution in [0.25, 0.3) is 10.6 Å². The van der Waals surface area contributed by atoms with Crippen LogP contribution in [0, 0.1) is 12.8 Å². The van der Waals surface area contributed by atoms with Crippen molar-refractivity contribution in [2.45, 2.75) is 45.1 Å². The first kappa shape index (κ1) is 21.9. The molecule has 4 rings (SSSR count). The highest BCUT2D eigenvalue weighted by atomic mass is 32.1. The summed E-state index contributed by atoms with van der Waals surface area (Å²) >= 11 is 1.54.